The van der Waals surface area contributed by atoms with Gasteiger partial charge in [0.2, 0.25) is 0 Å². The van der Waals surface area contributed by atoms with Crippen molar-refractivity contribution in [3.8, 4) is 0 Å². The first kappa shape index (κ1) is 29.1. The number of unbranched alkanes of at least 4 members (excludes halogenated alkanes) is 3. The molecule has 0 aliphatic carbocycles. The second kappa shape index (κ2) is 17.1. The molecule has 3 nitrogen and oxygen atoms in total. The number of nitrogens with zero attached hydrogens (tertiary/aromatic N) is 3. The van der Waals surface area contributed by atoms with Crippen LogP contribution >= 0.6 is 35.3 Å². The van der Waals surface area contributed by atoms with E-state index in [-0.39, 0.29) is 0 Å². The Kier molecular flexibility index (Phi) is 13.8. The summed E-state index contributed by atoms with van der Waals surface area (Å²) in [4.78, 5) is 4.09. The molecule has 0 aliphatic heterocycles. The largest absolute Gasteiger partial charge is 0.205 e. The van der Waals surface area contributed by atoms with Crippen LogP contribution < -0.4 is 13.7 Å². The smallest absolute Gasteiger partial charge is 0.169 e. The highest BCUT2D eigenvalue weighted by atomic mass is 32.2. The summed E-state index contributed by atoms with van der Waals surface area (Å²) in [5.74, 6) is 2.20. The molecule has 3 rings (SSSR count). The lowest BCUT2D eigenvalue weighted by molar-refractivity contribution is -0.697. The second-order valence-corrected chi connectivity index (χ2v) is 12.8. The van der Waals surface area contributed by atoms with Gasteiger partial charge in [0.1, 0.15) is 19.6 Å². The van der Waals surface area contributed by atoms with Crippen LogP contribution in [0.15, 0.2) is 88.3 Å². The molecule has 0 saturated heterocycles. The highest BCUT2D eigenvalue weighted by molar-refractivity contribution is 8.05. The van der Waals surface area contributed by atoms with E-state index in [0.29, 0.717) is 5.25 Å². The van der Waals surface area contributed by atoms with Crippen LogP contribution in [0.5, 0.6) is 0 Å². The SMILES string of the molecule is CCCC[n+]1ccc(SCC(CSc2cc[n+](CCCC)cc2)Sc2cc[n+](CCCC)cc2)cc1. The number of pyridine rings is 3. The first-order valence-electron chi connectivity index (χ1n) is 13.6. The quantitative estimate of drug-likeness (QED) is 0.135. The van der Waals surface area contributed by atoms with Gasteiger partial charge in [-0.2, -0.15) is 0 Å². The predicted molar refractivity (Wildman–Crippen MR) is 156 cm³/mol. The Labute approximate surface area is 232 Å². The molecule has 194 valence electrons. The van der Waals surface area contributed by atoms with Crippen molar-refractivity contribution in [1.29, 1.82) is 0 Å². The van der Waals surface area contributed by atoms with Crippen LogP contribution in [0, 0.1) is 0 Å². The first-order valence-corrected chi connectivity index (χ1v) is 16.4. The topological polar surface area (TPSA) is 11.6 Å². The molecule has 3 heterocycles. The van der Waals surface area contributed by atoms with Crippen LogP contribution in [0.2, 0.25) is 0 Å². The van der Waals surface area contributed by atoms with Gasteiger partial charge in [-0.1, -0.05) is 40.0 Å². The zero-order chi connectivity index (χ0) is 25.4. The molecule has 0 aliphatic rings. The van der Waals surface area contributed by atoms with E-state index in [4.69, 9.17) is 0 Å². The lowest BCUT2D eigenvalue weighted by Gasteiger charge is -2.16. The number of aromatic nitrogens is 3. The number of hydrogen-bond acceptors (Lipinski definition) is 3. The molecule has 6 heteroatoms. The molecule has 0 amide bonds. The van der Waals surface area contributed by atoms with Gasteiger partial charge in [-0.3, -0.25) is 0 Å². The monoisotopic (exact) mass is 542 g/mol. The van der Waals surface area contributed by atoms with E-state index in [0.717, 1.165) is 31.1 Å². The van der Waals surface area contributed by atoms with Gasteiger partial charge in [0, 0.05) is 87.1 Å². The van der Waals surface area contributed by atoms with E-state index in [2.05, 4.69) is 108 Å². The van der Waals surface area contributed by atoms with Crippen LogP contribution in [0.1, 0.15) is 59.3 Å². The number of hydrogen-bond donors (Lipinski definition) is 0. The fourth-order valence-corrected chi connectivity index (χ4v) is 7.14. The normalized spacial score (nSPS) is 11.3. The summed E-state index contributed by atoms with van der Waals surface area (Å²) in [6.07, 6.45) is 20.8. The molecule has 0 bridgehead atoms. The number of aryl methyl sites for hydroxylation is 3. The zero-order valence-corrected chi connectivity index (χ0v) is 24.8. The highest BCUT2D eigenvalue weighted by Gasteiger charge is 2.15. The summed E-state index contributed by atoms with van der Waals surface area (Å²) in [6, 6.07) is 13.7. The zero-order valence-electron chi connectivity index (χ0n) is 22.4. The molecular formula is C30H44N3S3+3. The molecule has 0 aromatic carbocycles. The van der Waals surface area contributed by atoms with Gasteiger partial charge in [0.25, 0.3) is 0 Å². The standard InChI is InChI=1S/C30H44N3S3/c1-4-7-16-31-19-10-27(11-20-31)34-25-30(36-29-14-23-33(24-15-29)18-9-6-3)26-35-28-12-21-32(22-13-28)17-8-5-2/h10-15,19-24,30H,4-9,16-18,25-26H2,1-3H3/q+3. The minimum absolute atomic E-state index is 0.534. The highest BCUT2D eigenvalue weighted by Crippen LogP contribution is 2.32. The maximum Gasteiger partial charge on any atom is 0.169 e. The van der Waals surface area contributed by atoms with Crippen LogP contribution in [-0.2, 0) is 19.6 Å². The average Bonchev–Trinajstić information content (AvgIpc) is 2.93. The third-order valence-electron chi connectivity index (χ3n) is 6.07. The molecule has 0 unspecified atom stereocenters. The summed E-state index contributed by atoms with van der Waals surface area (Å²) >= 11 is 5.99. The molecule has 0 fully saturated rings. The third-order valence-corrected chi connectivity index (χ3v) is 10.0. The van der Waals surface area contributed by atoms with Gasteiger partial charge < -0.3 is 0 Å². The Bertz CT molecular complexity index is 920. The van der Waals surface area contributed by atoms with Gasteiger partial charge >= 0.3 is 0 Å². The van der Waals surface area contributed by atoms with E-state index in [1.165, 1.54) is 53.2 Å². The van der Waals surface area contributed by atoms with Crippen molar-refractivity contribution in [2.45, 2.75) is 98.9 Å². The van der Waals surface area contributed by atoms with Crippen molar-refractivity contribution in [3.05, 3.63) is 73.6 Å². The van der Waals surface area contributed by atoms with E-state index in [1.807, 2.05) is 35.3 Å². The Balaban J connectivity index is 1.60. The van der Waals surface area contributed by atoms with Crippen molar-refractivity contribution >= 4 is 35.3 Å². The summed E-state index contributed by atoms with van der Waals surface area (Å²) < 4.78 is 6.91. The summed E-state index contributed by atoms with van der Waals surface area (Å²) in [6.45, 7) is 10.1. The molecule has 0 radical (unpaired) electrons. The summed E-state index contributed by atoms with van der Waals surface area (Å²) in [5.41, 5.74) is 0. The van der Waals surface area contributed by atoms with E-state index in [1.54, 1.807) is 0 Å². The van der Waals surface area contributed by atoms with Crippen molar-refractivity contribution in [1.82, 2.24) is 0 Å². The lowest BCUT2D eigenvalue weighted by atomic mass is 10.3. The third kappa shape index (κ3) is 10.9. The van der Waals surface area contributed by atoms with E-state index >= 15 is 0 Å². The lowest BCUT2D eigenvalue weighted by Crippen LogP contribution is -2.32. The minimum Gasteiger partial charge on any atom is -0.205 e. The molecule has 3 aromatic heterocycles. The summed E-state index contributed by atoms with van der Waals surface area (Å²) in [7, 11) is 0. The Morgan fingerprint density at radius 1 is 0.528 bits per heavy atom. The van der Waals surface area contributed by atoms with Gasteiger partial charge in [0.15, 0.2) is 37.2 Å². The average molecular weight is 543 g/mol. The van der Waals surface area contributed by atoms with Crippen molar-refractivity contribution in [2.75, 3.05) is 11.5 Å². The maximum absolute atomic E-state index is 2.31. The number of thioether (sulfide) groups is 3. The molecule has 0 N–H and O–H groups in total. The van der Waals surface area contributed by atoms with Crippen LogP contribution in [0.3, 0.4) is 0 Å². The van der Waals surface area contributed by atoms with Crippen LogP contribution in [0.25, 0.3) is 0 Å². The Hall–Kier alpha value is -1.50. The van der Waals surface area contributed by atoms with E-state index < -0.39 is 0 Å². The molecule has 36 heavy (non-hydrogen) atoms. The fourth-order valence-electron chi connectivity index (χ4n) is 3.76. The Morgan fingerprint density at radius 3 is 1.19 bits per heavy atom. The minimum atomic E-state index is 0.534. The second-order valence-electron chi connectivity index (χ2n) is 9.24. The maximum atomic E-state index is 2.31. The Morgan fingerprint density at radius 2 is 0.861 bits per heavy atom. The van der Waals surface area contributed by atoms with E-state index in [9.17, 15) is 0 Å². The van der Waals surface area contributed by atoms with Crippen LogP contribution in [-0.4, -0.2) is 16.8 Å². The van der Waals surface area contributed by atoms with Crippen molar-refractivity contribution in [3.63, 3.8) is 0 Å². The van der Waals surface area contributed by atoms with Crippen molar-refractivity contribution < 1.29 is 13.7 Å². The van der Waals surface area contributed by atoms with Gasteiger partial charge in [-0.25, -0.2) is 13.7 Å². The number of rotatable bonds is 17. The first-order chi connectivity index (χ1) is 17.7. The van der Waals surface area contributed by atoms with Gasteiger partial charge in [-0.15, -0.1) is 35.3 Å². The molecular weight excluding hydrogens is 499 g/mol. The van der Waals surface area contributed by atoms with Crippen molar-refractivity contribution in [2.24, 2.45) is 0 Å². The molecule has 3 aromatic rings. The predicted octanol–water partition coefficient (Wildman–Crippen LogP) is 6.99. The van der Waals surface area contributed by atoms with Gasteiger partial charge in [0.05, 0.1) is 0 Å². The van der Waals surface area contributed by atoms with Crippen LogP contribution in [0.4, 0.5) is 0 Å². The molecule has 0 saturated carbocycles. The fraction of sp³-hybridized carbons (Fsp3) is 0.500. The molecule has 0 atom stereocenters. The summed E-state index contributed by atoms with van der Waals surface area (Å²) in [5, 5.41) is 0.534. The van der Waals surface area contributed by atoms with Gasteiger partial charge in [-0.05, 0) is 0 Å². The molecule has 0 spiro atoms.